The SMILES string of the molecule is O=C([O-])CCCCCN1C=CC=c2o/c(=C3\C=C(c4nc5c(ccc[n+]5CCCCCC(=O)[O-])o4)CC3)nc21.[Na+]. The second-order valence-corrected chi connectivity index (χ2v) is 9.88. The van der Waals surface area contributed by atoms with Gasteiger partial charge in [0.05, 0.1) is 12.7 Å². The molecular weight excluding hydrogens is 523 g/mol. The Morgan fingerprint density at radius 1 is 0.975 bits per heavy atom. The molecule has 0 saturated heterocycles. The van der Waals surface area contributed by atoms with Gasteiger partial charge in [0.15, 0.2) is 11.2 Å². The van der Waals surface area contributed by atoms with Crippen molar-refractivity contribution in [3.05, 3.63) is 53.5 Å². The first kappa shape index (κ1) is 29.8. The van der Waals surface area contributed by atoms with E-state index in [4.69, 9.17) is 18.8 Å². The van der Waals surface area contributed by atoms with Crippen LogP contribution >= 0.6 is 0 Å². The number of carbonyl (C=O) groups is 2. The van der Waals surface area contributed by atoms with Crippen LogP contribution in [-0.2, 0) is 16.1 Å². The van der Waals surface area contributed by atoms with E-state index in [1.54, 1.807) is 0 Å². The van der Waals surface area contributed by atoms with Crippen molar-refractivity contribution in [1.29, 1.82) is 0 Å². The van der Waals surface area contributed by atoms with Gasteiger partial charge in [-0.3, -0.25) is 0 Å². The number of allylic oxidation sites excluding steroid dienone is 3. The van der Waals surface area contributed by atoms with Crippen LogP contribution in [0.25, 0.3) is 28.5 Å². The Labute approximate surface area is 253 Å². The van der Waals surface area contributed by atoms with Crippen molar-refractivity contribution in [2.45, 2.75) is 70.8 Å². The standard InChI is InChI=1S/C29H32N4O6.Na/c34-24(35)11-3-1-5-15-32-17-7-9-22-26(32)30-28(38-22)20-13-14-21(19-20)29-31-27-23(39-29)10-8-18-33(27)16-6-2-4-12-25(36)37;/h7-10,17-19H,1-6,11-16H2,(H-,34,35,36,37);/q;+1/p-1. The number of rotatable bonds is 13. The number of pyridine rings is 1. The molecule has 11 heteroatoms. The molecule has 0 unspecified atom stereocenters. The molecule has 0 spiro atoms. The fraction of sp³-hybridized carbons (Fsp3) is 0.414. The predicted molar refractivity (Wildman–Crippen MR) is 138 cm³/mol. The number of aryl methyl sites for hydroxylation is 1. The average Bonchev–Trinajstić information content (AvgIpc) is 3.66. The molecule has 0 atom stereocenters. The minimum absolute atomic E-state index is 0. The molecule has 0 amide bonds. The molecule has 3 aromatic rings. The summed E-state index contributed by atoms with van der Waals surface area (Å²) in [7, 11) is 0. The zero-order chi connectivity index (χ0) is 27.2. The molecule has 0 saturated carbocycles. The first-order chi connectivity index (χ1) is 19.0. The van der Waals surface area contributed by atoms with Crippen molar-refractivity contribution in [3.8, 4) is 0 Å². The predicted octanol–water partition coefficient (Wildman–Crippen LogP) is -2.13. The summed E-state index contributed by atoms with van der Waals surface area (Å²) in [5, 5.41) is 21.2. The molecule has 1 aliphatic carbocycles. The molecule has 0 bridgehead atoms. The third kappa shape index (κ3) is 7.30. The van der Waals surface area contributed by atoms with E-state index in [1.807, 2.05) is 52.2 Å². The van der Waals surface area contributed by atoms with Gasteiger partial charge >= 0.3 is 41.1 Å². The van der Waals surface area contributed by atoms with Gasteiger partial charge in [0.25, 0.3) is 0 Å². The average molecular weight is 555 g/mol. The van der Waals surface area contributed by atoms with Crippen molar-refractivity contribution < 1.29 is 62.8 Å². The summed E-state index contributed by atoms with van der Waals surface area (Å²) in [6.07, 6.45) is 16.0. The number of carbonyl (C=O) groups excluding carboxylic acids is 2. The van der Waals surface area contributed by atoms with E-state index in [0.29, 0.717) is 35.3 Å². The van der Waals surface area contributed by atoms with Crippen LogP contribution < -0.4 is 60.2 Å². The van der Waals surface area contributed by atoms with Crippen LogP contribution in [0.2, 0.25) is 0 Å². The van der Waals surface area contributed by atoms with Crippen LogP contribution in [-0.4, -0.2) is 28.5 Å². The van der Waals surface area contributed by atoms with Crippen molar-refractivity contribution in [2.75, 3.05) is 11.4 Å². The molecule has 0 radical (unpaired) electrons. The number of anilines is 1. The monoisotopic (exact) mass is 554 g/mol. The number of nitrogens with zero attached hydrogens (tertiary/aromatic N) is 4. The van der Waals surface area contributed by atoms with Crippen LogP contribution in [0.3, 0.4) is 0 Å². The number of carboxylic acids is 2. The summed E-state index contributed by atoms with van der Waals surface area (Å²) >= 11 is 0. The smallest absolute Gasteiger partial charge is 0.550 e. The van der Waals surface area contributed by atoms with Crippen LogP contribution in [0.1, 0.15) is 70.1 Å². The first-order valence-corrected chi connectivity index (χ1v) is 13.5. The second-order valence-electron chi connectivity index (χ2n) is 9.88. The number of aromatic nitrogens is 3. The van der Waals surface area contributed by atoms with Crippen molar-refractivity contribution in [3.63, 3.8) is 0 Å². The minimum atomic E-state index is -1.01. The molecule has 1 aliphatic heterocycles. The van der Waals surface area contributed by atoms with Crippen LogP contribution in [0, 0.1) is 0 Å². The quantitative estimate of drug-likeness (QED) is 0.132. The fourth-order valence-electron chi connectivity index (χ4n) is 4.94. The third-order valence-electron chi connectivity index (χ3n) is 6.96. The van der Waals surface area contributed by atoms with Crippen molar-refractivity contribution >= 4 is 46.2 Å². The molecule has 5 rings (SSSR count). The second kappa shape index (κ2) is 13.9. The number of aliphatic carboxylic acids is 2. The molecule has 4 heterocycles. The normalized spacial score (nSPS) is 15.5. The van der Waals surface area contributed by atoms with Crippen molar-refractivity contribution in [2.24, 2.45) is 0 Å². The van der Waals surface area contributed by atoms with E-state index in [1.165, 1.54) is 0 Å². The summed E-state index contributed by atoms with van der Waals surface area (Å²) in [4.78, 5) is 32.8. The Morgan fingerprint density at radius 3 is 2.52 bits per heavy atom. The molecule has 0 aromatic carbocycles. The molecule has 204 valence electrons. The summed E-state index contributed by atoms with van der Waals surface area (Å²) in [5.74, 6) is -0.664. The van der Waals surface area contributed by atoms with Gasteiger partial charge in [-0.05, 0) is 88.1 Å². The van der Waals surface area contributed by atoms with Crippen LogP contribution in [0.5, 0.6) is 0 Å². The number of hydrogen-bond donors (Lipinski definition) is 0. The minimum Gasteiger partial charge on any atom is -0.550 e. The Morgan fingerprint density at radius 2 is 1.75 bits per heavy atom. The number of oxazole rings is 2. The molecule has 0 N–H and O–H groups in total. The maximum atomic E-state index is 10.6. The van der Waals surface area contributed by atoms with E-state index in [0.717, 1.165) is 74.2 Å². The van der Waals surface area contributed by atoms with E-state index in [-0.39, 0.29) is 42.4 Å². The van der Waals surface area contributed by atoms with E-state index in [9.17, 15) is 19.8 Å². The maximum Gasteiger partial charge on any atom is 1.00 e. The fourth-order valence-corrected chi connectivity index (χ4v) is 4.94. The summed E-state index contributed by atoms with van der Waals surface area (Å²) in [6.45, 7) is 1.46. The largest absolute Gasteiger partial charge is 1.00 e. The Hall–Kier alpha value is -3.21. The number of hydrogen-bond acceptors (Lipinski definition) is 9. The van der Waals surface area contributed by atoms with E-state index in [2.05, 4.69) is 0 Å². The van der Waals surface area contributed by atoms with Gasteiger partial charge in [0.2, 0.25) is 11.1 Å². The van der Waals surface area contributed by atoms with E-state index >= 15 is 0 Å². The van der Waals surface area contributed by atoms with Gasteiger partial charge in [-0.1, -0.05) is 6.42 Å². The third-order valence-corrected chi connectivity index (χ3v) is 6.96. The van der Waals surface area contributed by atoms with Gasteiger partial charge in [0.1, 0.15) is 0 Å². The zero-order valence-corrected chi connectivity index (χ0v) is 24.8. The Kier molecular flexibility index (Phi) is 10.4. The summed E-state index contributed by atoms with van der Waals surface area (Å²) in [6, 6.07) is 3.83. The number of fused-ring (bicyclic) bond motifs is 2. The van der Waals surface area contributed by atoms with Gasteiger partial charge in [-0.15, -0.1) is 0 Å². The Balaban J connectivity index is 0.00000370. The van der Waals surface area contributed by atoms with Gasteiger partial charge in [-0.2, -0.15) is 4.98 Å². The number of carboxylic acid groups (broad SMARTS) is 2. The van der Waals surface area contributed by atoms with Crippen molar-refractivity contribution in [1.82, 2.24) is 9.97 Å². The molecule has 40 heavy (non-hydrogen) atoms. The molecule has 3 aromatic heterocycles. The van der Waals surface area contributed by atoms with Crippen LogP contribution in [0.15, 0.2) is 45.5 Å². The topological polar surface area (TPSA) is 139 Å². The zero-order valence-electron chi connectivity index (χ0n) is 22.8. The van der Waals surface area contributed by atoms with Gasteiger partial charge < -0.3 is 33.5 Å². The summed E-state index contributed by atoms with van der Waals surface area (Å²) in [5.41, 5.74) is 4.75. The van der Waals surface area contributed by atoms with Crippen LogP contribution in [0.4, 0.5) is 5.82 Å². The molecule has 0 fully saturated rings. The summed E-state index contributed by atoms with van der Waals surface area (Å²) < 4.78 is 14.2. The Bertz CT molecular complexity index is 1550. The molecular formula is C29H31N4NaO6. The van der Waals surface area contributed by atoms with Gasteiger partial charge in [0, 0.05) is 40.8 Å². The number of unbranched alkanes of at least 4 members (excludes halogenated alkanes) is 4. The van der Waals surface area contributed by atoms with Gasteiger partial charge in [-0.25, -0.2) is 4.57 Å². The maximum absolute atomic E-state index is 10.6. The molecule has 2 aliphatic rings. The van der Waals surface area contributed by atoms with E-state index < -0.39 is 11.9 Å². The molecule has 10 nitrogen and oxygen atoms in total. The first-order valence-electron chi connectivity index (χ1n) is 13.5.